The summed E-state index contributed by atoms with van der Waals surface area (Å²) in [6.07, 6.45) is 0. The Kier molecular flexibility index (Phi) is 83.4. The summed E-state index contributed by atoms with van der Waals surface area (Å²) in [4.78, 5) is 0. The smallest absolute Gasteiger partial charge is 0 e. The number of hydrogen-bond donors (Lipinski definition) is 0. The van der Waals surface area contributed by atoms with Crippen molar-refractivity contribution in [1.29, 1.82) is 0 Å². The Morgan fingerprint density at radius 1 is 0.667 bits per heavy atom. The molecule has 63 valence electrons. The van der Waals surface area contributed by atoms with Crippen LogP contribution in [0.2, 0.25) is 0 Å². The van der Waals surface area contributed by atoms with Crippen LogP contribution in [0.25, 0.3) is 0 Å². The van der Waals surface area contributed by atoms with Crippen LogP contribution in [0.4, 0.5) is 0 Å². The minimum absolute atomic E-state index is 0. The molecule has 0 amide bonds. The molecule has 0 spiro atoms. The molecule has 7 heteroatoms. The van der Waals surface area contributed by atoms with E-state index in [9.17, 15) is 0 Å². The van der Waals surface area contributed by atoms with E-state index in [0.717, 1.165) is 5.56 Å². The molecule has 0 N–H and O–H groups in total. The maximum absolute atomic E-state index is 3.04. The van der Waals surface area contributed by atoms with E-state index in [1.54, 1.807) is 0 Å². The Morgan fingerprint density at radius 2 is 0.933 bits per heavy atom. The molecule has 0 heterocycles. The zero-order chi connectivity index (χ0) is 5.98. The predicted molar refractivity (Wildman–Crippen MR) is 33.6 cm³/mol. The van der Waals surface area contributed by atoms with Crippen molar-refractivity contribution in [2.24, 2.45) is 0 Å². The minimum Gasteiger partial charge on any atom is -0.356 e. The van der Waals surface area contributed by atoms with Crippen LogP contribution in [0.5, 0.6) is 0 Å². The van der Waals surface area contributed by atoms with Crippen LogP contribution in [0.15, 0.2) is 12.1 Å². The predicted octanol–water partition coefficient (Wildman–Crippen LogP) is 1.89. The topological polar surface area (TPSA) is 0 Å². The number of hydrogen-bond acceptors (Lipinski definition) is 0. The molecule has 1 rings (SSSR count). The molecule has 0 unspecified atom stereocenters. The quantitative estimate of drug-likeness (QED) is 0.359. The fraction of sp³-hybridized carbons (Fsp3) is 0.250. The molecule has 0 fully saturated rings. The standard InChI is InChI=1S/C8H8.7Y/c1-7-3-5-8(2)6-4-7;;;;;;;/h3-4H,1-2H3;;;;;;;/q-2;;;;;;;. The zero-order valence-electron chi connectivity index (χ0n) is 9.20. The maximum Gasteiger partial charge on any atom is 0 e. The van der Waals surface area contributed by atoms with Gasteiger partial charge in [0.05, 0.1) is 0 Å². The minimum atomic E-state index is 0. The van der Waals surface area contributed by atoms with Gasteiger partial charge in [-0.05, 0) is 0 Å². The van der Waals surface area contributed by atoms with Gasteiger partial charge in [0.15, 0.2) is 0 Å². The van der Waals surface area contributed by atoms with Crippen LogP contribution in [0.3, 0.4) is 0 Å². The summed E-state index contributed by atoms with van der Waals surface area (Å²) >= 11 is 0. The first kappa shape index (κ1) is 43.1. The van der Waals surface area contributed by atoms with E-state index in [2.05, 4.69) is 12.1 Å². The molecule has 1 aromatic carbocycles. The Hall–Kier alpha value is 6.95. The molecular formula is C8H8Y7-2. The molecule has 0 aliphatic carbocycles. The van der Waals surface area contributed by atoms with Crippen molar-refractivity contribution in [3.05, 3.63) is 35.4 Å². The number of benzene rings is 1. The largest absolute Gasteiger partial charge is 0.356 e. The van der Waals surface area contributed by atoms with E-state index in [4.69, 9.17) is 0 Å². The van der Waals surface area contributed by atoms with Crippen LogP contribution >= 0.6 is 0 Å². The molecule has 0 aromatic heterocycles. The summed E-state index contributed by atoms with van der Waals surface area (Å²) in [5.74, 6) is 0. The molecule has 0 atom stereocenters. The van der Waals surface area contributed by atoms with Crippen molar-refractivity contribution in [3.63, 3.8) is 0 Å². The first-order valence-electron chi connectivity index (χ1n) is 2.65. The van der Waals surface area contributed by atoms with Gasteiger partial charge in [0.2, 0.25) is 0 Å². The van der Waals surface area contributed by atoms with Gasteiger partial charge in [0.1, 0.15) is 0 Å². The Balaban J connectivity index is -0.0000000183. The van der Waals surface area contributed by atoms with Crippen molar-refractivity contribution in [1.82, 2.24) is 0 Å². The molecule has 0 saturated heterocycles. The monoisotopic (exact) mass is 726 g/mol. The Bertz CT molecular complexity index is 154. The van der Waals surface area contributed by atoms with Gasteiger partial charge in [-0.2, -0.15) is 0 Å². The van der Waals surface area contributed by atoms with Gasteiger partial charge < -0.3 is 12.1 Å². The SMILES string of the molecule is Cc1[c-]cc(C)c[c-]1.[Y].[Y].[Y].[Y].[Y].[Y].[Y]. The van der Waals surface area contributed by atoms with E-state index in [0.29, 0.717) is 0 Å². The molecule has 0 aliphatic heterocycles. The molecular weight excluding hydrogens is 718 g/mol. The molecule has 1 aromatic rings. The van der Waals surface area contributed by atoms with Crippen molar-refractivity contribution in [3.8, 4) is 0 Å². The molecule has 7 radical (unpaired) electrons. The molecule has 0 aliphatic rings. The third-order valence-electron chi connectivity index (χ3n) is 1.03. The molecule has 0 bridgehead atoms. The van der Waals surface area contributed by atoms with Crippen LogP contribution in [-0.2, 0) is 229 Å². The van der Waals surface area contributed by atoms with Crippen molar-refractivity contribution in [2.45, 2.75) is 13.8 Å². The van der Waals surface area contributed by atoms with Crippen LogP contribution in [0, 0.1) is 26.0 Å². The average Bonchev–Trinajstić information content (AvgIpc) is 1.77. The summed E-state index contributed by atoms with van der Waals surface area (Å²) in [7, 11) is 0. The summed E-state index contributed by atoms with van der Waals surface area (Å²) in [5.41, 5.74) is 2.30. The maximum atomic E-state index is 3.04. The normalized spacial score (nSPS) is 4.93. The van der Waals surface area contributed by atoms with Crippen LogP contribution < -0.4 is 0 Å². The first-order valence-corrected chi connectivity index (χ1v) is 2.65. The van der Waals surface area contributed by atoms with Crippen molar-refractivity contribution < 1.29 is 229 Å². The second-order valence-electron chi connectivity index (χ2n) is 1.95. The van der Waals surface area contributed by atoms with E-state index < -0.39 is 0 Å². The van der Waals surface area contributed by atoms with Gasteiger partial charge in [-0.3, -0.25) is 23.3 Å². The average molecular weight is 726 g/mol. The van der Waals surface area contributed by atoms with Crippen molar-refractivity contribution >= 4 is 0 Å². The second-order valence-corrected chi connectivity index (χ2v) is 1.95. The van der Waals surface area contributed by atoms with E-state index in [1.165, 1.54) is 5.56 Å². The summed E-state index contributed by atoms with van der Waals surface area (Å²) in [6.45, 7) is 4.02. The van der Waals surface area contributed by atoms with E-state index in [1.807, 2.05) is 26.0 Å². The fourth-order valence-electron chi connectivity index (χ4n) is 0.528. The van der Waals surface area contributed by atoms with Crippen molar-refractivity contribution in [2.75, 3.05) is 0 Å². The van der Waals surface area contributed by atoms with Gasteiger partial charge in [-0.15, -0.1) is 6.92 Å². The van der Waals surface area contributed by atoms with Gasteiger partial charge in [-0.1, -0.05) is 6.92 Å². The van der Waals surface area contributed by atoms with Gasteiger partial charge in [0, 0.05) is 229 Å². The summed E-state index contributed by atoms with van der Waals surface area (Å²) in [6, 6.07) is 10.0. The summed E-state index contributed by atoms with van der Waals surface area (Å²) in [5, 5.41) is 0. The first-order chi connectivity index (χ1) is 3.79. The van der Waals surface area contributed by atoms with E-state index >= 15 is 0 Å². The fourth-order valence-corrected chi connectivity index (χ4v) is 0.528. The Morgan fingerprint density at radius 3 is 1.13 bits per heavy atom. The number of rotatable bonds is 0. The molecule has 0 nitrogen and oxygen atoms in total. The van der Waals surface area contributed by atoms with Gasteiger partial charge >= 0.3 is 0 Å². The molecule has 15 heavy (non-hydrogen) atoms. The molecule has 0 saturated carbocycles. The zero-order valence-corrected chi connectivity index (χ0v) is 29.1. The Labute approximate surface area is 270 Å². The van der Waals surface area contributed by atoms with E-state index in [-0.39, 0.29) is 229 Å². The second kappa shape index (κ2) is 29.0. The third-order valence-corrected chi connectivity index (χ3v) is 1.03. The van der Waals surface area contributed by atoms with Crippen LogP contribution in [-0.4, -0.2) is 0 Å². The van der Waals surface area contributed by atoms with Gasteiger partial charge in [0.25, 0.3) is 0 Å². The summed E-state index contributed by atoms with van der Waals surface area (Å²) < 4.78 is 0. The van der Waals surface area contributed by atoms with Gasteiger partial charge in [-0.25, -0.2) is 0 Å². The number of aryl methyl sites for hydroxylation is 2. The van der Waals surface area contributed by atoms with Crippen LogP contribution in [0.1, 0.15) is 11.1 Å². The third kappa shape index (κ3) is 26.2.